The quantitative estimate of drug-likeness (QED) is 0.774. The Bertz CT molecular complexity index is 285. The lowest BCUT2D eigenvalue weighted by molar-refractivity contribution is -0.128. The summed E-state index contributed by atoms with van der Waals surface area (Å²) >= 11 is 0. The average Bonchev–Trinajstić information content (AvgIpc) is 2.19. The van der Waals surface area contributed by atoms with Gasteiger partial charge in [0, 0.05) is 20.5 Å². The molecule has 0 radical (unpaired) electrons. The molecule has 0 unspecified atom stereocenters. The number of halogens is 1. The van der Waals surface area contributed by atoms with Crippen LogP contribution in [-0.2, 0) is 11.2 Å². The molecule has 1 rings (SSSR count). The molecule has 0 saturated carbocycles. The third kappa shape index (κ3) is 5.43. The van der Waals surface area contributed by atoms with E-state index in [0.717, 1.165) is 12.8 Å². The number of rotatable bonds is 4. The van der Waals surface area contributed by atoms with E-state index >= 15 is 0 Å². The summed E-state index contributed by atoms with van der Waals surface area (Å²) in [6, 6.07) is 10.3. The Hall–Kier alpha value is -1.02. The Morgan fingerprint density at radius 2 is 1.80 bits per heavy atom. The van der Waals surface area contributed by atoms with Crippen molar-refractivity contribution in [2.75, 3.05) is 14.1 Å². The third-order valence-electron chi connectivity index (χ3n) is 2.20. The molecule has 1 aromatic carbocycles. The van der Waals surface area contributed by atoms with Crippen molar-refractivity contribution in [2.24, 2.45) is 0 Å². The predicted octanol–water partition coefficient (Wildman–Crippen LogP) is 2.52. The fraction of sp³-hybridized carbons (Fsp3) is 0.417. The maximum absolute atomic E-state index is 11.3. The highest BCUT2D eigenvalue weighted by Gasteiger charge is 2.02. The molecule has 1 aromatic rings. The van der Waals surface area contributed by atoms with E-state index in [4.69, 9.17) is 0 Å². The van der Waals surface area contributed by atoms with Gasteiger partial charge < -0.3 is 4.90 Å². The van der Waals surface area contributed by atoms with Crippen LogP contribution in [0.1, 0.15) is 18.4 Å². The van der Waals surface area contributed by atoms with Gasteiger partial charge in [0.2, 0.25) is 5.91 Å². The Morgan fingerprint density at radius 1 is 1.20 bits per heavy atom. The topological polar surface area (TPSA) is 20.3 Å². The van der Waals surface area contributed by atoms with Crippen LogP contribution in [0.25, 0.3) is 0 Å². The van der Waals surface area contributed by atoms with Crippen LogP contribution in [0.3, 0.4) is 0 Å². The largest absolute Gasteiger partial charge is 0.349 e. The summed E-state index contributed by atoms with van der Waals surface area (Å²) in [5, 5.41) is 0. The zero-order chi connectivity index (χ0) is 10.4. The molecular weight excluding hydrogens is 210 g/mol. The van der Waals surface area contributed by atoms with E-state index in [1.807, 2.05) is 18.2 Å². The monoisotopic (exact) mass is 227 g/mol. The van der Waals surface area contributed by atoms with Crippen molar-refractivity contribution in [3.63, 3.8) is 0 Å². The van der Waals surface area contributed by atoms with E-state index in [-0.39, 0.29) is 18.3 Å². The second-order valence-corrected chi connectivity index (χ2v) is 3.63. The molecule has 0 saturated heterocycles. The van der Waals surface area contributed by atoms with Crippen molar-refractivity contribution in [3.8, 4) is 0 Å². The molecule has 0 atom stereocenters. The highest BCUT2D eigenvalue weighted by molar-refractivity contribution is 5.85. The lowest BCUT2D eigenvalue weighted by Gasteiger charge is -2.09. The summed E-state index contributed by atoms with van der Waals surface area (Å²) in [5.74, 6) is 0.209. The van der Waals surface area contributed by atoms with Crippen LogP contribution in [0.4, 0.5) is 0 Å². The molecule has 15 heavy (non-hydrogen) atoms. The van der Waals surface area contributed by atoms with Gasteiger partial charge in [-0.15, -0.1) is 12.4 Å². The Labute approximate surface area is 97.7 Å². The number of benzene rings is 1. The van der Waals surface area contributed by atoms with Crippen LogP contribution >= 0.6 is 12.4 Å². The van der Waals surface area contributed by atoms with E-state index in [2.05, 4.69) is 12.1 Å². The summed E-state index contributed by atoms with van der Waals surface area (Å²) in [4.78, 5) is 12.9. The molecule has 0 N–H and O–H groups in total. The van der Waals surface area contributed by atoms with Gasteiger partial charge in [0.25, 0.3) is 0 Å². The van der Waals surface area contributed by atoms with Crippen molar-refractivity contribution in [1.82, 2.24) is 4.90 Å². The van der Waals surface area contributed by atoms with Gasteiger partial charge >= 0.3 is 0 Å². The van der Waals surface area contributed by atoms with Gasteiger partial charge in [-0.2, -0.15) is 0 Å². The Kier molecular flexibility index (Phi) is 6.80. The number of aryl methyl sites for hydroxylation is 1. The minimum absolute atomic E-state index is 0. The molecule has 84 valence electrons. The lowest BCUT2D eigenvalue weighted by atomic mass is 10.1. The van der Waals surface area contributed by atoms with Crippen molar-refractivity contribution >= 4 is 18.3 Å². The van der Waals surface area contributed by atoms with Gasteiger partial charge in [-0.05, 0) is 18.4 Å². The van der Waals surface area contributed by atoms with Gasteiger partial charge in [-0.3, -0.25) is 4.79 Å². The fourth-order valence-electron chi connectivity index (χ4n) is 1.31. The van der Waals surface area contributed by atoms with Crippen molar-refractivity contribution in [1.29, 1.82) is 0 Å². The van der Waals surface area contributed by atoms with Crippen molar-refractivity contribution in [3.05, 3.63) is 35.9 Å². The van der Waals surface area contributed by atoms with Crippen molar-refractivity contribution < 1.29 is 4.79 Å². The highest BCUT2D eigenvalue weighted by atomic mass is 35.5. The standard InChI is InChI=1S/C12H17NO.ClH/c1-13(2)12(14)10-6-9-11-7-4-3-5-8-11;/h3-5,7-8H,6,9-10H2,1-2H3;1H. The smallest absolute Gasteiger partial charge is 0.222 e. The molecule has 0 aliphatic heterocycles. The number of carbonyl (C=O) groups excluding carboxylic acids is 1. The lowest BCUT2D eigenvalue weighted by Crippen LogP contribution is -2.21. The summed E-state index contributed by atoms with van der Waals surface area (Å²) in [7, 11) is 3.59. The van der Waals surface area contributed by atoms with E-state index in [0.29, 0.717) is 6.42 Å². The highest BCUT2D eigenvalue weighted by Crippen LogP contribution is 2.05. The van der Waals surface area contributed by atoms with Crippen LogP contribution in [-0.4, -0.2) is 24.9 Å². The van der Waals surface area contributed by atoms with E-state index in [9.17, 15) is 4.79 Å². The van der Waals surface area contributed by atoms with E-state index in [1.165, 1.54) is 5.56 Å². The number of hydrogen-bond acceptors (Lipinski definition) is 1. The Balaban J connectivity index is 0.00000196. The van der Waals surface area contributed by atoms with Gasteiger partial charge in [-0.1, -0.05) is 30.3 Å². The zero-order valence-corrected chi connectivity index (χ0v) is 10.1. The first-order chi connectivity index (χ1) is 6.70. The van der Waals surface area contributed by atoms with Gasteiger partial charge in [0.15, 0.2) is 0 Å². The number of carbonyl (C=O) groups is 1. The first-order valence-electron chi connectivity index (χ1n) is 4.94. The van der Waals surface area contributed by atoms with Crippen LogP contribution in [0.2, 0.25) is 0 Å². The molecule has 0 heterocycles. The minimum Gasteiger partial charge on any atom is -0.349 e. The first-order valence-corrected chi connectivity index (χ1v) is 4.94. The van der Waals surface area contributed by atoms with Crippen LogP contribution in [0.15, 0.2) is 30.3 Å². The third-order valence-corrected chi connectivity index (χ3v) is 2.20. The molecule has 2 nitrogen and oxygen atoms in total. The minimum atomic E-state index is 0. The average molecular weight is 228 g/mol. The maximum atomic E-state index is 11.3. The summed E-state index contributed by atoms with van der Waals surface area (Å²) < 4.78 is 0. The molecule has 0 aliphatic rings. The maximum Gasteiger partial charge on any atom is 0.222 e. The Morgan fingerprint density at radius 3 is 2.33 bits per heavy atom. The molecule has 0 fully saturated rings. The number of hydrogen-bond donors (Lipinski definition) is 0. The first kappa shape index (κ1) is 14.0. The number of nitrogens with zero attached hydrogens (tertiary/aromatic N) is 1. The fourth-order valence-corrected chi connectivity index (χ4v) is 1.31. The molecule has 3 heteroatoms. The van der Waals surface area contributed by atoms with Crippen LogP contribution in [0.5, 0.6) is 0 Å². The van der Waals surface area contributed by atoms with Gasteiger partial charge in [-0.25, -0.2) is 0 Å². The second-order valence-electron chi connectivity index (χ2n) is 3.63. The van der Waals surface area contributed by atoms with Gasteiger partial charge in [0.1, 0.15) is 0 Å². The summed E-state index contributed by atoms with van der Waals surface area (Å²) in [6.45, 7) is 0. The van der Waals surface area contributed by atoms with Gasteiger partial charge in [0.05, 0.1) is 0 Å². The van der Waals surface area contributed by atoms with E-state index < -0.39 is 0 Å². The second kappa shape index (κ2) is 7.30. The zero-order valence-electron chi connectivity index (χ0n) is 9.27. The molecule has 0 aromatic heterocycles. The molecule has 1 amide bonds. The molecule has 0 bridgehead atoms. The van der Waals surface area contributed by atoms with Crippen molar-refractivity contribution in [2.45, 2.75) is 19.3 Å². The van der Waals surface area contributed by atoms with E-state index in [1.54, 1.807) is 19.0 Å². The summed E-state index contributed by atoms with van der Waals surface area (Å²) in [5.41, 5.74) is 1.30. The molecule has 0 aliphatic carbocycles. The summed E-state index contributed by atoms with van der Waals surface area (Å²) in [6.07, 6.45) is 2.56. The molecule has 0 spiro atoms. The normalized spacial score (nSPS) is 9.20. The predicted molar refractivity (Wildman–Crippen MR) is 65.3 cm³/mol. The molecular formula is C12H18ClNO. The SMILES string of the molecule is CN(C)C(=O)CCCc1ccccc1.Cl. The number of amides is 1. The van der Waals surface area contributed by atoms with Crippen LogP contribution < -0.4 is 0 Å². The van der Waals surface area contributed by atoms with Crippen LogP contribution in [0, 0.1) is 0 Å².